The highest BCUT2D eigenvalue weighted by molar-refractivity contribution is 5.91. The predicted octanol–water partition coefficient (Wildman–Crippen LogP) is 4.46. The Kier molecular flexibility index (Phi) is 3.92. The van der Waals surface area contributed by atoms with Crippen molar-refractivity contribution in [3.8, 4) is 0 Å². The molecule has 4 nitrogen and oxygen atoms in total. The minimum atomic E-state index is -0.258. The van der Waals surface area contributed by atoms with Gasteiger partial charge >= 0.3 is 6.03 Å². The molecule has 2 N–H and O–H groups in total. The lowest BCUT2D eigenvalue weighted by Gasteiger charge is -2.27. The second-order valence-corrected chi connectivity index (χ2v) is 6.42. The Morgan fingerprint density at radius 1 is 1.24 bits per heavy atom. The number of fused-ring (bicyclic) bond motifs is 3. The van der Waals surface area contributed by atoms with Crippen LogP contribution in [0.5, 0.6) is 0 Å². The van der Waals surface area contributed by atoms with Crippen molar-refractivity contribution in [2.24, 2.45) is 0 Å². The quantitative estimate of drug-likeness (QED) is 0.713. The van der Waals surface area contributed by atoms with Gasteiger partial charge in [0.1, 0.15) is 5.82 Å². The van der Waals surface area contributed by atoms with Crippen LogP contribution in [0.1, 0.15) is 23.7 Å². The minimum Gasteiger partial charge on any atom is -0.358 e. The van der Waals surface area contributed by atoms with Crippen molar-refractivity contribution in [1.82, 2.24) is 9.88 Å². The number of rotatable bonds is 2. The van der Waals surface area contributed by atoms with E-state index in [1.165, 1.54) is 17.7 Å². The third kappa shape index (κ3) is 2.97. The van der Waals surface area contributed by atoms with E-state index in [0.717, 1.165) is 40.7 Å². The van der Waals surface area contributed by atoms with Crippen molar-refractivity contribution in [3.05, 3.63) is 65.1 Å². The van der Waals surface area contributed by atoms with E-state index in [9.17, 15) is 9.18 Å². The summed E-state index contributed by atoms with van der Waals surface area (Å²) in [7, 11) is 0. The lowest BCUT2D eigenvalue weighted by atomic mass is 10.0. The topological polar surface area (TPSA) is 48.1 Å². The van der Waals surface area contributed by atoms with Crippen LogP contribution >= 0.6 is 0 Å². The third-order valence-corrected chi connectivity index (χ3v) is 4.84. The standard InChI is InChI=1S/C20H20FN3O/c1-2-13-3-6-15(7-4-13)22-20(25)24-10-9-19-17(12-24)16-11-14(21)5-8-18(16)23-19/h3-8,11,23H,2,9-10,12H2,1H3,(H,22,25). The lowest BCUT2D eigenvalue weighted by molar-refractivity contribution is 0.206. The van der Waals surface area contributed by atoms with E-state index in [0.29, 0.717) is 13.1 Å². The van der Waals surface area contributed by atoms with Gasteiger partial charge in [-0.15, -0.1) is 0 Å². The van der Waals surface area contributed by atoms with Crippen molar-refractivity contribution >= 4 is 22.6 Å². The molecule has 25 heavy (non-hydrogen) atoms. The van der Waals surface area contributed by atoms with E-state index >= 15 is 0 Å². The van der Waals surface area contributed by atoms with Crippen LogP contribution in [0.25, 0.3) is 10.9 Å². The van der Waals surface area contributed by atoms with E-state index in [4.69, 9.17) is 0 Å². The number of anilines is 1. The minimum absolute atomic E-state index is 0.124. The van der Waals surface area contributed by atoms with Crippen LogP contribution in [0, 0.1) is 5.82 Å². The first kappa shape index (κ1) is 15.7. The van der Waals surface area contributed by atoms with Gasteiger partial charge in [0, 0.05) is 47.4 Å². The normalized spacial score (nSPS) is 13.8. The molecule has 0 saturated heterocycles. The summed E-state index contributed by atoms with van der Waals surface area (Å²) >= 11 is 0. The van der Waals surface area contributed by atoms with Crippen LogP contribution in [-0.4, -0.2) is 22.5 Å². The van der Waals surface area contributed by atoms with Crippen LogP contribution in [0.3, 0.4) is 0 Å². The third-order valence-electron chi connectivity index (χ3n) is 4.84. The van der Waals surface area contributed by atoms with Gasteiger partial charge in [-0.05, 0) is 42.3 Å². The molecule has 2 heterocycles. The molecule has 2 aromatic carbocycles. The Bertz CT molecular complexity index is 930. The molecule has 0 aliphatic carbocycles. The van der Waals surface area contributed by atoms with Crippen LogP contribution in [0.15, 0.2) is 42.5 Å². The fourth-order valence-electron chi connectivity index (χ4n) is 3.39. The molecule has 128 valence electrons. The van der Waals surface area contributed by atoms with Gasteiger partial charge in [-0.25, -0.2) is 9.18 Å². The molecule has 0 fully saturated rings. The molecule has 3 aromatic rings. The summed E-state index contributed by atoms with van der Waals surface area (Å²) in [5.74, 6) is -0.258. The largest absolute Gasteiger partial charge is 0.358 e. The van der Waals surface area contributed by atoms with E-state index in [-0.39, 0.29) is 11.8 Å². The number of amides is 2. The highest BCUT2D eigenvalue weighted by atomic mass is 19.1. The molecular weight excluding hydrogens is 317 g/mol. The summed E-state index contributed by atoms with van der Waals surface area (Å²) in [6, 6.07) is 12.5. The molecule has 1 aliphatic rings. The SMILES string of the molecule is CCc1ccc(NC(=O)N2CCc3[nH]c4ccc(F)cc4c3C2)cc1. The summed E-state index contributed by atoms with van der Waals surface area (Å²) in [5.41, 5.74) is 5.05. The van der Waals surface area contributed by atoms with E-state index < -0.39 is 0 Å². The molecule has 0 saturated carbocycles. The van der Waals surface area contributed by atoms with Gasteiger partial charge in [0.15, 0.2) is 0 Å². The van der Waals surface area contributed by atoms with Crippen molar-refractivity contribution in [1.29, 1.82) is 0 Å². The summed E-state index contributed by atoms with van der Waals surface area (Å²) in [6.45, 7) is 3.22. The van der Waals surface area contributed by atoms with Crippen molar-refractivity contribution < 1.29 is 9.18 Å². The number of nitrogens with one attached hydrogen (secondary N) is 2. The summed E-state index contributed by atoms with van der Waals surface area (Å²) in [5, 5.41) is 3.81. The first-order valence-corrected chi connectivity index (χ1v) is 8.58. The first-order chi connectivity index (χ1) is 12.1. The number of aromatic amines is 1. The maximum Gasteiger partial charge on any atom is 0.322 e. The second-order valence-electron chi connectivity index (χ2n) is 6.42. The molecule has 1 aromatic heterocycles. The average Bonchev–Trinajstić information content (AvgIpc) is 2.99. The summed E-state index contributed by atoms with van der Waals surface area (Å²) < 4.78 is 13.6. The molecule has 5 heteroatoms. The Balaban J connectivity index is 1.53. The van der Waals surface area contributed by atoms with Gasteiger partial charge in [0.05, 0.1) is 0 Å². The van der Waals surface area contributed by atoms with E-state index in [1.807, 2.05) is 24.3 Å². The molecule has 0 radical (unpaired) electrons. The molecule has 1 aliphatic heterocycles. The smallest absolute Gasteiger partial charge is 0.322 e. The van der Waals surface area contributed by atoms with Crippen LogP contribution in [0.2, 0.25) is 0 Å². The number of carbonyl (C=O) groups excluding carboxylic acids is 1. The van der Waals surface area contributed by atoms with Crippen molar-refractivity contribution in [2.75, 3.05) is 11.9 Å². The number of benzene rings is 2. The number of aromatic nitrogens is 1. The summed E-state index contributed by atoms with van der Waals surface area (Å²) in [4.78, 5) is 17.7. The average molecular weight is 337 g/mol. The van der Waals surface area contributed by atoms with E-state index in [1.54, 1.807) is 11.0 Å². The number of halogens is 1. The Morgan fingerprint density at radius 2 is 2.04 bits per heavy atom. The monoisotopic (exact) mass is 337 g/mol. The van der Waals surface area contributed by atoms with Gasteiger partial charge in [-0.2, -0.15) is 0 Å². The molecule has 0 atom stereocenters. The number of hydrogen-bond acceptors (Lipinski definition) is 1. The Labute approximate surface area is 145 Å². The molecule has 0 bridgehead atoms. The van der Waals surface area contributed by atoms with Gasteiger partial charge in [0.2, 0.25) is 0 Å². The zero-order chi connectivity index (χ0) is 17.4. The fourth-order valence-corrected chi connectivity index (χ4v) is 3.39. The highest BCUT2D eigenvalue weighted by Gasteiger charge is 2.24. The van der Waals surface area contributed by atoms with Gasteiger partial charge < -0.3 is 15.2 Å². The maximum atomic E-state index is 13.6. The van der Waals surface area contributed by atoms with Crippen molar-refractivity contribution in [2.45, 2.75) is 26.3 Å². The zero-order valence-corrected chi connectivity index (χ0v) is 14.1. The first-order valence-electron chi connectivity index (χ1n) is 8.58. The Morgan fingerprint density at radius 3 is 2.80 bits per heavy atom. The van der Waals surface area contributed by atoms with Gasteiger partial charge in [0.25, 0.3) is 0 Å². The van der Waals surface area contributed by atoms with Crippen molar-refractivity contribution in [3.63, 3.8) is 0 Å². The number of hydrogen-bond donors (Lipinski definition) is 2. The predicted molar refractivity (Wildman–Crippen MR) is 97.2 cm³/mol. The second kappa shape index (κ2) is 6.24. The number of carbonyl (C=O) groups is 1. The number of H-pyrrole nitrogens is 1. The lowest BCUT2D eigenvalue weighted by Crippen LogP contribution is -2.38. The maximum absolute atomic E-state index is 13.6. The van der Waals surface area contributed by atoms with Crippen LogP contribution in [-0.2, 0) is 19.4 Å². The number of urea groups is 1. The highest BCUT2D eigenvalue weighted by Crippen LogP contribution is 2.28. The van der Waals surface area contributed by atoms with Crippen LogP contribution in [0.4, 0.5) is 14.9 Å². The molecule has 0 unspecified atom stereocenters. The Hall–Kier alpha value is -2.82. The molecule has 2 amide bonds. The van der Waals surface area contributed by atoms with Crippen LogP contribution < -0.4 is 5.32 Å². The zero-order valence-electron chi connectivity index (χ0n) is 14.1. The molecule has 4 rings (SSSR count). The molecule has 0 spiro atoms. The number of aryl methyl sites for hydroxylation is 1. The van der Waals surface area contributed by atoms with Gasteiger partial charge in [-0.1, -0.05) is 19.1 Å². The fraction of sp³-hybridized carbons (Fsp3) is 0.250. The van der Waals surface area contributed by atoms with E-state index in [2.05, 4.69) is 17.2 Å². The summed E-state index contributed by atoms with van der Waals surface area (Å²) in [6.07, 6.45) is 1.72. The number of nitrogens with zero attached hydrogens (tertiary/aromatic N) is 1. The van der Waals surface area contributed by atoms with Gasteiger partial charge in [-0.3, -0.25) is 0 Å². The molecular formula is C20H20FN3O.